The fourth-order valence-corrected chi connectivity index (χ4v) is 4.01. The van der Waals surface area contributed by atoms with Crippen molar-refractivity contribution < 1.29 is 4.79 Å². The quantitative estimate of drug-likeness (QED) is 0.532. The molecule has 30 heavy (non-hydrogen) atoms. The molecule has 0 aliphatic heterocycles. The highest BCUT2D eigenvalue weighted by atomic mass is 16.1. The average molecular weight is 397 g/mol. The minimum Gasteiger partial charge on any atom is -0.322 e. The van der Waals surface area contributed by atoms with E-state index in [1.165, 1.54) is 36.9 Å². The number of amides is 1. The van der Waals surface area contributed by atoms with E-state index >= 15 is 0 Å². The Hall–Kier alpha value is -2.91. The lowest BCUT2D eigenvalue weighted by molar-refractivity contribution is 0.102. The molecule has 0 spiro atoms. The molecule has 2 fully saturated rings. The van der Waals surface area contributed by atoms with Crippen molar-refractivity contribution in [2.45, 2.75) is 38.1 Å². The normalized spacial score (nSPS) is 20.0. The fraction of sp³-hybridized carbons (Fsp3) is 0.296. The Balaban J connectivity index is 1.17. The number of nitrogens with one attached hydrogen (secondary N) is 2. The monoisotopic (exact) mass is 396 g/mol. The molecular weight excluding hydrogens is 368 g/mol. The van der Waals surface area contributed by atoms with Gasteiger partial charge >= 0.3 is 0 Å². The first kappa shape index (κ1) is 19.1. The van der Waals surface area contributed by atoms with Gasteiger partial charge in [-0.15, -0.1) is 0 Å². The van der Waals surface area contributed by atoms with Crippen LogP contribution < -0.4 is 10.6 Å². The third kappa shape index (κ3) is 4.47. The van der Waals surface area contributed by atoms with Crippen LogP contribution in [0.4, 0.5) is 5.69 Å². The smallest absolute Gasteiger partial charge is 0.255 e. The Bertz CT molecular complexity index is 1020. The molecule has 3 heteroatoms. The van der Waals surface area contributed by atoms with E-state index in [1.54, 1.807) is 0 Å². The number of hydrogen-bond donors (Lipinski definition) is 2. The van der Waals surface area contributed by atoms with Crippen molar-refractivity contribution in [2.24, 2.45) is 5.92 Å². The molecule has 2 N–H and O–H groups in total. The van der Waals surface area contributed by atoms with Gasteiger partial charge in [0.25, 0.3) is 5.91 Å². The molecule has 2 aliphatic rings. The minimum atomic E-state index is -0.0754. The van der Waals surface area contributed by atoms with Crippen molar-refractivity contribution >= 4 is 11.6 Å². The molecule has 1 amide bonds. The van der Waals surface area contributed by atoms with Crippen LogP contribution in [-0.4, -0.2) is 18.5 Å². The molecule has 0 bridgehead atoms. The van der Waals surface area contributed by atoms with Gasteiger partial charge in [-0.2, -0.15) is 0 Å². The summed E-state index contributed by atoms with van der Waals surface area (Å²) >= 11 is 0. The molecule has 0 saturated heterocycles. The lowest BCUT2D eigenvalue weighted by Crippen LogP contribution is -2.20. The van der Waals surface area contributed by atoms with Gasteiger partial charge in [-0.1, -0.05) is 54.1 Å². The second-order valence-corrected chi connectivity index (χ2v) is 8.82. The highest BCUT2D eigenvalue weighted by Crippen LogP contribution is 2.42. The van der Waals surface area contributed by atoms with Crippen molar-refractivity contribution in [2.75, 3.05) is 11.9 Å². The van der Waals surface area contributed by atoms with Gasteiger partial charge in [-0.3, -0.25) is 4.79 Å². The summed E-state index contributed by atoms with van der Waals surface area (Å²) in [5.41, 5.74) is 6.39. The third-order valence-electron chi connectivity index (χ3n) is 6.28. The van der Waals surface area contributed by atoms with E-state index in [1.807, 2.05) is 36.4 Å². The van der Waals surface area contributed by atoms with Crippen LogP contribution in [0.2, 0.25) is 0 Å². The molecule has 5 rings (SSSR count). The maximum atomic E-state index is 12.6. The highest BCUT2D eigenvalue weighted by Gasteiger charge is 2.38. The van der Waals surface area contributed by atoms with E-state index < -0.39 is 0 Å². The van der Waals surface area contributed by atoms with Crippen molar-refractivity contribution in [3.05, 3.63) is 89.5 Å². The van der Waals surface area contributed by atoms with Gasteiger partial charge in [0, 0.05) is 23.2 Å². The molecule has 2 saturated carbocycles. The predicted molar refractivity (Wildman–Crippen MR) is 123 cm³/mol. The number of anilines is 1. The summed E-state index contributed by atoms with van der Waals surface area (Å²) in [6.45, 7) is 3.26. The van der Waals surface area contributed by atoms with Crippen LogP contribution in [0.5, 0.6) is 0 Å². The van der Waals surface area contributed by atoms with Crippen LogP contribution in [0.3, 0.4) is 0 Å². The molecule has 0 radical (unpaired) electrons. The zero-order valence-electron chi connectivity index (χ0n) is 17.4. The molecule has 3 aromatic rings. The first-order valence-electron chi connectivity index (χ1n) is 11.0. The molecular formula is C27H28N2O. The summed E-state index contributed by atoms with van der Waals surface area (Å²) in [7, 11) is 0. The van der Waals surface area contributed by atoms with E-state index in [0.717, 1.165) is 22.7 Å². The van der Waals surface area contributed by atoms with E-state index in [2.05, 4.69) is 54.0 Å². The first-order chi connectivity index (χ1) is 14.7. The highest BCUT2D eigenvalue weighted by molar-refractivity contribution is 6.04. The van der Waals surface area contributed by atoms with E-state index in [4.69, 9.17) is 0 Å². The standard InChI is InChI=1S/C27H28N2O/c1-18-2-6-20(7-3-18)21-8-10-23(11-9-21)27(30)29-24-14-12-22(13-15-24)25-16-26(25)28-17-19-4-5-19/h2-3,6-15,19,25-26,28H,4-5,16-17H2,1H3,(H,29,30). The Morgan fingerprint density at radius 2 is 1.50 bits per heavy atom. The minimum absolute atomic E-state index is 0.0754. The third-order valence-corrected chi connectivity index (χ3v) is 6.28. The number of hydrogen-bond acceptors (Lipinski definition) is 2. The van der Waals surface area contributed by atoms with E-state index in [9.17, 15) is 4.79 Å². The summed E-state index contributed by atoms with van der Waals surface area (Å²) < 4.78 is 0. The summed E-state index contributed by atoms with van der Waals surface area (Å²) in [6.07, 6.45) is 4.02. The fourth-order valence-electron chi connectivity index (χ4n) is 4.01. The lowest BCUT2D eigenvalue weighted by atomic mass is 10.0. The molecule has 2 unspecified atom stereocenters. The number of carbonyl (C=O) groups excluding carboxylic acids is 1. The van der Waals surface area contributed by atoms with E-state index in [0.29, 0.717) is 17.5 Å². The SMILES string of the molecule is Cc1ccc(-c2ccc(C(=O)Nc3ccc(C4CC4NCC4CC4)cc3)cc2)cc1. The van der Waals surface area contributed by atoms with Crippen LogP contribution in [0.25, 0.3) is 11.1 Å². The Morgan fingerprint density at radius 1 is 0.867 bits per heavy atom. The second kappa shape index (κ2) is 8.08. The number of benzene rings is 3. The lowest BCUT2D eigenvalue weighted by Gasteiger charge is -2.08. The molecule has 2 aliphatic carbocycles. The zero-order valence-corrected chi connectivity index (χ0v) is 17.4. The average Bonchev–Trinajstić information content (AvgIpc) is 3.69. The van der Waals surface area contributed by atoms with Crippen LogP contribution in [-0.2, 0) is 0 Å². The summed E-state index contributed by atoms with van der Waals surface area (Å²) in [6, 6.07) is 25.2. The summed E-state index contributed by atoms with van der Waals surface area (Å²) in [5.74, 6) is 1.48. The van der Waals surface area contributed by atoms with E-state index in [-0.39, 0.29) is 5.91 Å². The zero-order chi connectivity index (χ0) is 20.5. The maximum Gasteiger partial charge on any atom is 0.255 e. The van der Waals surface area contributed by atoms with Crippen molar-refractivity contribution in [3.63, 3.8) is 0 Å². The molecule has 152 valence electrons. The summed E-state index contributed by atoms with van der Waals surface area (Å²) in [5, 5.41) is 6.70. The van der Waals surface area contributed by atoms with Gasteiger partial charge in [0.05, 0.1) is 0 Å². The number of rotatable bonds is 7. The topological polar surface area (TPSA) is 41.1 Å². The second-order valence-electron chi connectivity index (χ2n) is 8.82. The Kier molecular flexibility index (Phi) is 5.14. The van der Waals surface area contributed by atoms with Gasteiger partial charge in [-0.25, -0.2) is 0 Å². The Labute approximate surface area is 178 Å². The van der Waals surface area contributed by atoms with Crippen molar-refractivity contribution in [3.8, 4) is 11.1 Å². The number of carbonyl (C=O) groups is 1. The maximum absolute atomic E-state index is 12.6. The predicted octanol–water partition coefficient (Wildman–Crippen LogP) is 5.77. The number of aryl methyl sites for hydroxylation is 1. The van der Waals surface area contributed by atoms with Crippen LogP contribution >= 0.6 is 0 Å². The Morgan fingerprint density at radius 3 is 2.13 bits per heavy atom. The van der Waals surface area contributed by atoms with Crippen molar-refractivity contribution in [1.29, 1.82) is 0 Å². The van der Waals surface area contributed by atoms with Gasteiger partial charge in [0.1, 0.15) is 0 Å². The molecule has 3 nitrogen and oxygen atoms in total. The molecule has 3 aromatic carbocycles. The molecule has 0 aromatic heterocycles. The summed E-state index contributed by atoms with van der Waals surface area (Å²) in [4.78, 5) is 12.6. The molecule has 0 heterocycles. The van der Waals surface area contributed by atoms with Crippen LogP contribution in [0, 0.1) is 12.8 Å². The van der Waals surface area contributed by atoms with Crippen molar-refractivity contribution in [1.82, 2.24) is 5.32 Å². The van der Waals surface area contributed by atoms with Crippen LogP contribution in [0.1, 0.15) is 46.7 Å². The van der Waals surface area contributed by atoms with Crippen LogP contribution in [0.15, 0.2) is 72.8 Å². The van der Waals surface area contributed by atoms with Gasteiger partial charge in [0.2, 0.25) is 0 Å². The first-order valence-corrected chi connectivity index (χ1v) is 11.0. The van der Waals surface area contributed by atoms with Gasteiger partial charge in [0.15, 0.2) is 0 Å². The van der Waals surface area contributed by atoms with Gasteiger partial charge in [-0.05, 0) is 79.6 Å². The molecule has 2 atom stereocenters. The largest absolute Gasteiger partial charge is 0.322 e. The van der Waals surface area contributed by atoms with Gasteiger partial charge < -0.3 is 10.6 Å².